The van der Waals surface area contributed by atoms with Gasteiger partial charge in [-0.1, -0.05) is 19.9 Å². The minimum absolute atomic E-state index is 0.229. The predicted octanol–water partition coefficient (Wildman–Crippen LogP) is 1.16. The predicted molar refractivity (Wildman–Crippen MR) is 73.4 cm³/mol. The summed E-state index contributed by atoms with van der Waals surface area (Å²) in [6.07, 6.45) is -0.612. The number of hydrogen-bond acceptors (Lipinski definition) is 4. The number of ether oxygens (including phenoxy) is 1. The van der Waals surface area contributed by atoms with E-state index in [0.717, 1.165) is 0 Å². The van der Waals surface area contributed by atoms with Gasteiger partial charge in [0.15, 0.2) is 0 Å². The maximum absolute atomic E-state index is 12.0. The average Bonchev–Trinajstić information content (AvgIpc) is 2.36. The lowest BCUT2D eigenvalue weighted by molar-refractivity contribution is 0.191. The lowest BCUT2D eigenvalue weighted by Gasteiger charge is -2.14. The second-order valence-electron chi connectivity index (χ2n) is 4.41. The van der Waals surface area contributed by atoms with Gasteiger partial charge in [-0.3, -0.25) is 4.21 Å². The van der Waals surface area contributed by atoms with E-state index in [1.165, 1.54) is 0 Å². The van der Waals surface area contributed by atoms with E-state index in [4.69, 9.17) is 4.74 Å². The topological polar surface area (TPSA) is 58.6 Å². The Labute approximate surface area is 111 Å². The zero-order chi connectivity index (χ0) is 13.5. The van der Waals surface area contributed by atoms with Crippen LogP contribution in [-0.4, -0.2) is 40.9 Å². The van der Waals surface area contributed by atoms with E-state index in [9.17, 15) is 9.32 Å². The molecule has 0 aliphatic heterocycles. The molecule has 102 valence electrons. The van der Waals surface area contributed by atoms with Crippen LogP contribution in [0.3, 0.4) is 0 Å². The van der Waals surface area contributed by atoms with Crippen molar-refractivity contribution in [2.75, 3.05) is 19.4 Å². The third kappa shape index (κ3) is 5.16. The lowest BCUT2D eigenvalue weighted by atomic mass is 10.3. The number of aliphatic hydroxyl groups excluding tert-OH is 1. The normalized spacial score (nSPS) is 14.5. The van der Waals surface area contributed by atoms with E-state index in [-0.39, 0.29) is 5.75 Å². The first kappa shape index (κ1) is 15.1. The molecule has 18 heavy (non-hydrogen) atoms. The molecule has 0 saturated carbocycles. The third-order valence-corrected chi connectivity index (χ3v) is 3.88. The minimum Gasteiger partial charge on any atom is -0.497 e. The van der Waals surface area contributed by atoms with Gasteiger partial charge in [0.05, 0.1) is 29.8 Å². The summed E-state index contributed by atoms with van der Waals surface area (Å²) in [4.78, 5) is 0.679. The molecule has 0 bridgehead atoms. The number of nitrogens with one attached hydrogen (secondary N) is 1. The van der Waals surface area contributed by atoms with Crippen LogP contribution in [0.15, 0.2) is 29.2 Å². The summed E-state index contributed by atoms with van der Waals surface area (Å²) >= 11 is 0. The van der Waals surface area contributed by atoms with Gasteiger partial charge in [0.2, 0.25) is 0 Å². The summed E-state index contributed by atoms with van der Waals surface area (Å²) in [6.45, 7) is 4.46. The molecule has 2 N–H and O–H groups in total. The highest BCUT2D eigenvalue weighted by Gasteiger charge is 2.12. The molecule has 1 aromatic carbocycles. The van der Waals surface area contributed by atoms with E-state index in [1.807, 2.05) is 13.8 Å². The van der Waals surface area contributed by atoms with Gasteiger partial charge in [-0.05, 0) is 18.2 Å². The summed E-state index contributed by atoms with van der Waals surface area (Å²) in [5.41, 5.74) is 0. The second kappa shape index (κ2) is 7.51. The molecule has 0 fully saturated rings. The Morgan fingerprint density at radius 1 is 1.44 bits per heavy atom. The minimum atomic E-state index is -1.21. The average molecular weight is 271 g/mol. The molecule has 0 saturated heterocycles. The molecular formula is C13H21NO3S. The summed E-state index contributed by atoms with van der Waals surface area (Å²) < 4.78 is 17.1. The van der Waals surface area contributed by atoms with Crippen molar-refractivity contribution in [3.05, 3.63) is 24.3 Å². The van der Waals surface area contributed by atoms with Gasteiger partial charge in [0.1, 0.15) is 5.75 Å². The summed E-state index contributed by atoms with van der Waals surface area (Å²) in [7, 11) is 0.363. The van der Waals surface area contributed by atoms with Crippen LogP contribution in [-0.2, 0) is 10.8 Å². The molecule has 0 aliphatic carbocycles. The van der Waals surface area contributed by atoms with Gasteiger partial charge in [-0.2, -0.15) is 0 Å². The van der Waals surface area contributed by atoms with Crippen LogP contribution in [0.5, 0.6) is 5.75 Å². The summed E-state index contributed by atoms with van der Waals surface area (Å²) in [5, 5.41) is 12.9. The first-order chi connectivity index (χ1) is 8.52. The molecule has 1 aromatic rings. The fraction of sp³-hybridized carbons (Fsp3) is 0.538. The van der Waals surface area contributed by atoms with Crippen LogP contribution >= 0.6 is 0 Å². The number of benzene rings is 1. The van der Waals surface area contributed by atoms with Crippen molar-refractivity contribution in [2.24, 2.45) is 0 Å². The molecular weight excluding hydrogens is 250 g/mol. The molecule has 0 aliphatic rings. The molecule has 1 rings (SSSR count). The molecule has 2 unspecified atom stereocenters. The molecule has 0 amide bonds. The molecule has 0 spiro atoms. The second-order valence-corrected chi connectivity index (χ2v) is 5.90. The lowest BCUT2D eigenvalue weighted by Crippen LogP contribution is -2.34. The van der Waals surface area contributed by atoms with E-state index >= 15 is 0 Å². The molecule has 4 nitrogen and oxygen atoms in total. The van der Waals surface area contributed by atoms with Crippen molar-refractivity contribution in [3.63, 3.8) is 0 Å². The van der Waals surface area contributed by atoms with Crippen LogP contribution in [0.1, 0.15) is 13.8 Å². The Hall–Kier alpha value is -0.910. The summed E-state index contributed by atoms with van der Waals surface area (Å²) in [6, 6.07) is 7.42. The first-order valence-corrected chi connectivity index (χ1v) is 7.28. The van der Waals surface area contributed by atoms with Gasteiger partial charge < -0.3 is 15.2 Å². The van der Waals surface area contributed by atoms with Gasteiger partial charge in [0, 0.05) is 17.5 Å². The molecule has 0 heterocycles. The zero-order valence-electron chi connectivity index (χ0n) is 11.1. The van der Waals surface area contributed by atoms with E-state index in [2.05, 4.69) is 5.32 Å². The molecule has 0 radical (unpaired) electrons. The van der Waals surface area contributed by atoms with Crippen LogP contribution in [0.4, 0.5) is 0 Å². The van der Waals surface area contributed by atoms with Crippen LogP contribution in [0.2, 0.25) is 0 Å². The standard InChI is InChI=1S/C13H21NO3S/c1-10(2)14-8-11(15)9-18(16)13-6-4-5-12(7-13)17-3/h4-7,10-11,14-15H,8-9H2,1-3H3. The largest absolute Gasteiger partial charge is 0.497 e. The third-order valence-electron chi connectivity index (χ3n) is 2.41. The number of hydrogen-bond donors (Lipinski definition) is 2. The van der Waals surface area contributed by atoms with Gasteiger partial charge >= 0.3 is 0 Å². The number of methoxy groups -OCH3 is 1. The summed E-state index contributed by atoms with van der Waals surface area (Å²) in [5.74, 6) is 0.906. The van der Waals surface area contributed by atoms with E-state index < -0.39 is 16.9 Å². The zero-order valence-corrected chi connectivity index (χ0v) is 11.9. The van der Waals surface area contributed by atoms with E-state index in [0.29, 0.717) is 23.2 Å². The van der Waals surface area contributed by atoms with Crippen LogP contribution in [0.25, 0.3) is 0 Å². The Morgan fingerprint density at radius 3 is 2.78 bits per heavy atom. The van der Waals surface area contributed by atoms with E-state index in [1.54, 1.807) is 31.4 Å². The van der Waals surface area contributed by atoms with Crippen LogP contribution < -0.4 is 10.1 Å². The van der Waals surface area contributed by atoms with Gasteiger partial charge in [-0.25, -0.2) is 0 Å². The van der Waals surface area contributed by atoms with Gasteiger partial charge in [-0.15, -0.1) is 0 Å². The Bertz CT molecular complexity index is 396. The Morgan fingerprint density at radius 2 is 2.17 bits per heavy atom. The highest BCUT2D eigenvalue weighted by Crippen LogP contribution is 2.16. The quantitative estimate of drug-likeness (QED) is 0.781. The monoisotopic (exact) mass is 271 g/mol. The van der Waals surface area contributed by atoms with Crippen molar-refractivity contribution in [1.82, 2.24) is 5.32 Å². The molecule has 2 atom stereocenters. The number of aliphatic hydroxyl groups is 1. The van der Waals surface area contributed by atoms with Crippen molar-refractivity contribution < 1.29 is 14.1 Å². The van der Waals surface area contributed by atoms with Crippen molar-refractivity contribution >= 4 is 10.8 Å². The smallest absolute Gasteiger partial charge is 0.120 e. The highest BCUT2D eigenvalue weighted by atomic mass is 32.2. The fourth-order valence-electron chi connectivity index (χ4n) is 1.44. The number of rotatable bonds is 7. The SMILES string of the molecule is COc1cccc(S(=O)CC(O)CNC(C)C)c1. The maximum Gasteiger partial charge on any atom is 0.120 e. The van der Waals surface area contributed by atoms with Gasteiger partial charge in [0.25, 0.3) is 0 Å². The first-order valence-electron chi connectivity index (χ1n) is 5.96. The van der Waals surface area contributed by atoms with Crippen molar-refractivity contribution in [1.29, 1.82) is 0 Å². The van der Waals surface area contributed by atoms with Crippen LogP contribution in [0, 0.1) is 0 Å². The Balaban J connectivity index is 2.53. The fourth-order valence-corrected chi connectivity index (χ4v) is 2.58. The highest BCUT2D eigenvalue weighted by molar-refractivity contribution is 7.85. The van der Waals surface area contributed by atoms with Crippen molar-refractivity contribution in [2.45, 2.75) is 30.9 Å². The van der Waals surface area contributed by atoms with Crippen molar-refractivity contribution in [3.8, 4) is 5.75 Å². The maximum atomic E-state index is 12.0. The molecule has 0 aromatic heterocycles. The molecule has 5 heteroatoms. The Kier molecular flexibility index (Phi) is 6.32.